The number of benzene rings is 1. The Morgan fingerprint density at radius 2 is 2.00 bits per heavy atom. The summed E-state index contributed by atoms with van der Waals surface area (Å²) < 4.78 is 0.759. The van der Waals surface area contributed by atoms with E-state index in [4.69, 9.17) is 11.6 Å². The molecule has 0 spiro atoms. The maximum Gasteiger partial charge on any atom is 0.246 e. The second kappa shape index (κ2) is 7.06. The number of pyridine rings is 1. The molecule has 26 heavy (non-hydrogen) atoms. The standard InChI is InChI=1S/C21H17ClN2OS/c1-2-21(25)24-12-18(17-11-20(22)26-19(17)13-24)16-6-4-3-5-15(16)14-7-9-23-10-8-14/h2-11,18H,1,12-13H2/t18-/m1/s1. The van der Waals surface area contributed by atoms with E-state index in [1.807, 2.05) is 35.2 Å². The van der Waals surface area contributed by atoms with E-state index < -0.39 is 0 Å². The zero-order valence-corrected chi connectivity index (χ0v) is 15.6. The Balaban J connectivity index is 1.84. The number of carbonyl (C=O) groups is 1. The summed E-state index contributed by atoms with van der Waals surface area (Å²) in [6.45, 7) is 4.85. The summed E-state index contributed by atoms with van der Waals surface area (Å²) >= 11 is 7.86. The number of thiophene rings is 1. The summed E-state index contributed by atoms with van der Waals surface area (Å²) in [5, 5.41) is 0. The van der Waals surface area contributed by atoms with Crippen molar-refractivity contribution < 1.29 is 4.79 Å². The number of fused-ring (bicyclic) bond motifs is 1. The topological polar surface area (TPSA) is 33.2 Å². The largest absolute Gasteiger partial charge is 0.333 e. The summed E-state index contributed by atoms with van der Waals surface area (Å²) in [5.41, 5.74) is 4.68. The summed E-state index contributed by atoms with van der Waals surface area (Å²) in [6, 6.07) is 14.4. The minimum absolute atomic E-state index is 0.0495. The van der Waals surface area contributed by atoms with Gasteiger partial charge < -0.3 is 4.90 Å². The number of nitrogens with zero attached hydrogens (tertiary/aromatic N) is 2. The van der Waals surface area contributed by atoms with Crippen LogP contribution in [-0.2, 0) is 11.3 Å². The van der Waals surface area contributed by atoms with Gasteiger partial charge in [0.05, 0.1) is 10.9 Å². The maximum absolute atomic E-state index is 12.3. The average molecular weight is 381 g/mol. The second-order valence-electron chi connectivity index (χ2n) is 6.23. The van der Waals surface area contributed by atoms with Gasteiger partial charge >= 0.3 is 0 Å². The molecule has 1 aromatic carbocycles. The molecule has 0 bridgehead atoms. The molecule has 0 N–H and O–H groups in total. The van der Waals surface area contributed by atoms with Gasteiger partial charge in [0, 0.05) is 29.7 Å². The molecule has 0 radical (unpaired) electrons. The Bertz CT molecular complexity index is 967. The van der Waals surface area contributed by atoms with Crippen LogP contribution in [-0.4, -0.2) is 22.3 Å². The quantitative estimate of drug-likeness (QED) is 0.590. The fourth-order valence-corrected chi connectivity index (χ4v) is 4.90. The van der Waals surface area contributed by atoms with Gasteiger partial charge in [0.25, 0.3) is 0 Å². The zero-order valence-electron chi connectivity index (χ0n) is 14.1. The van der Waals surface area contributed by atoms with Crippen molar-refractivity contribution in [2.45, 2.75) is 12.5 Å². The molecule has 3 nitrogen and oxygen atoms in total. The lowest BCUT2D eigenvalue weighted by Crippen LogP contribution is -2.37. The third kappa shape index (κ3) is 3.06. The predicted octanol–water partition coefficient (Wildman–Crippen LogP) is 5.12. The smallest absolute Gasteiger partial charge is 0.246 e. The SMILES string of the molecule is C=CC(=O)N1Cc2sc(Cl)cc2[C@@H](c2ccccc2-c2ccncc2)C1. The van der Waals surface area contributed by atoms with E-state index >= 15 is 0 Å². The van der Waals surface area contributed by atoms with Crippen molar-refractivity contribution in [3.8, 4) is 11.1 Å². The lowest BCUT2D eigenvalue weighted by molar-refractivity contribution is -0.127. The number of rotatable bonds is 3. The van der Waals surface area contributed by atoms with Crippen LogP contribution in [0, 0.1) is 0 Å². The van der Waals surface area contributed by atoms with Crippen LogP contribution in [0.25, 0.3) is 11.1 Å². The van der Waals surface area contributed by atoms with E-state index in [1.165, 1.54) is 17.2 Å². The Kier molecular flexibility index (Phi) is 4.62. The molecule has 3 heterocycles. The Labute approximate surface area is 161 Å². The highest BCUT2D eigenvalue weighted by molar-refractivity contribution is 7.16. The Hall–Kier alpha value is -2.43. The van der Waals surface area contributed by atoms with Gasteiger partial charge in [-0.15, -0.1) is 11.3 Å². The van der Waals surface area contributed by atoms with Gasteiger partial charge in [-0.05, 0) is 46.5 Å². The van der Waals surface area contributed by atoms with E-state index in [0.717, 1.165) is 20.3 Å². The molecule has 0 fully saturated rings. The van der Waals surface area contributed by atoms with Crippen molar-refractivity contribution in [3.05, 3.63) is 87.9 Å². The molecule has 4 rings (SSSR count). The third-order valence-corrected chi connectivity index (χ3v) is 6.00. The summed E-state index contributed by atoms with van der Waals surface area (Å²) in [6.07, 6.45) is 4.98. The van der Waals surface area contributed by atoms with Crippen molar-refractivity contribution in [2.75, 3.05) is 6.54 Å². The van der Waals surface area contributed by atoms with Crippen LogP contribution in [0.5, 0.6) is 0 Å². The third-order valence-electron chi connectivity index (χ3n) is 4.74. The molecular formula is C21H17ClN2OS. The minimum atomic E-state index is -0.0495. The molecule has 0 saturated carbocycles. The summed E-state index contributed by atoms with van der Waals surface area (Å²) in [5.74, 6) is 0.0299. The first kappa shape index (κ1) is 17.0. The molecule has 0 aliphatic carbocycles. The van der Waals surface area contributed by atoms with Gasteiger partial charge in [-0.25, -0.2) is 0 Å². The van der Waals surface area contributed by atoms with Gasteiger partial charge in [0.15, 0.2) is 0 Å². The lowest BCUT2D eigenvalue weighted by Gasteiger charge is -2.33. The lowest BCUT2D eigenvalue weighted by atomic mass is 9.84. The molecule has 3 aromatic rings. The second-order valence-corrected chi connectivity index (χ2v) is 8.00. The van der Waals surface area contributed by atoms with Gasteiger partial charge in [-0.3, -0.25) is 9.78 Å². The zero-order chi connectivity index (χ0) is 18.1. The van der Waals surface area contributed by atoms with Crippen LogP contribution in [0.3, 0.4) is 0 Å². The average Bonchev–Trinajstić information content (AvgIpc) is 3.07. The number of hydrogen-bond donors (Lipinski definition) is 0. The molecule has 0 unspecified atom stereocenters. The van der Waals surface area contributed by atoms with Crippen molar-refractivity contribution in [3.63, 3.8) is 0 Å². The van der Waals surface area contributed by atoms with E-state index in [2.05, 4.69) is 23.7 Å². The first-order chi connectivity index (χ1) is 12.7. The fourth-order valence-electron chi connectivity index (χ4n) is 3.54. The minimum Gasteiger partial charge on any atom is -0.333 e. The first-order valence-electron chi connectivity index (χ1n) is 8.36. The first-order valence-corrected chi connectivity index (χ1v) is 9.55. The van der Waals surface area contributed by atoms with Gasteiger partial charge in [0.1, 0.15) is 0 Å². The molecule has 1 aliphatic rings. The molecule has 0 saturated heterocycles. The number of carbonyl (C=O) groups excluding carboxylic acids is 1. The number of halogens is 1. The van der Waals surface area contributed by atoms with Crippen LogP contribution < -0.4 is 0 Å². The monoisotopic (exact) mass is 380 g/mol. The van der Waals surface area contributed by atoms with E-state index in [0.29, 0.717) is 13.1 Å². The Morgan fingerprint density at radius 3 is 2.77 bits per heavy atom. The van der Waals surface area contributed by atoms with E-state index in [9.17, 15) is 4.79 Å². The molecule has 5 heteroatoms. The maximum atomic E-state index is 12.3. The van der Waals surface area contributed by atoms with E-state index in [1.54, 1.807) is 23.7 Å². The summed E-state index contributed by atoms with van der Waals surface area (Å²) in [4.78, 5) is 19.4. The van der Waals surface area contributed by atoms with Gasteiger partial charge in [-0.1, -0.05) is 42.4 Å². The predicted molar refractivity (Wildman–Crippen MR) is 106 cm³/mol. The van der Waals surface area contributed by atoms with Crippen LogP contribution in [0.2, 0.25) is 4.34 Å². The number of aromatic nitrogens is 1. The van der Waals surface area contributed by atoms with E-state index in [-0.39, 0.29) is 11.8 Å². The van der Waals surface area contributed by atoms with Crippen molar-refractivity contribution in [1.82, 2.24) is 9.88 Å². The van der Waals surface area contributed by atoms with Crippen LogP contribution in [0.1, 0.15) is 21.9 Å². The van der Waals surface area contributed by atoms with Crippen LogP contribution in [0.15, 0.2) is 67.5 Å². The van der Waals surface area contributed by atoms with Crippen LogP contribution >= 0.6 is 22.9 Å². The molecule has 2 aromatic heterocycles. The van der Waals surface area contributed by atoms with Gasteiger partial charge in [-0.2, -0.15) is 0 Å². The molecule has 1 aliphatic heterocycles. The van der Waals surface area contributed by atoms with Gasteiger partial charge in [0.2, 0.25) is 5.91 Å². The number of hydrogen-bond acceptors (Lipinski definition) is 3. The summed E-state index contributed by atoms with van der Waals surface area (Å²) in [7, 11) is 0. The van der Waals surface area contributed by atoms with Crippen molar-refractivity contribution in [1.29, 1.82) is 0 Å². The fraction of sp³-hybridized carbons (Fsp3) is 0.143. The van der Waals surface area contributed by atoms with Crippen molar-refractivity contribution in [2.24, 2.45) is 0 Å². The molecule has 1 amide bonds. The van der Waals surface area contributed by atoms with Crippen LogP contribution in [0.4, 0.5) is 0 Å². The molecule has 130 valence electrons. The highest BCUT2D eigenvalue weighted by atomic mass is 35.5. The Morgan fingerprint density at radius 1 is 1.23 bits per heavy atom. The molecular weight excluding hydrogens is 364 g/mol. The highest BCUT2D eigenvalue weighted by Gasteiger charge is 2.31. The van der Waals surface area contributed by atoms with Crippen molar-refractivity contribution >= 4 is 28.8 Å². The normalized spacial score (nSPS) is 16.2. The number of amides is 1. The highest BCUT2D eigenvalue weighted by Crippen LogP contribution is 2.42. The molecule has 1 atom stereocenters.